The maximum absolute atomic E-state index is 13.7. The number of aromatic amines is 1. The van der Waals surface area contributed by atoms with Gasteiger partial charge in [-0.05, 0) is 93.3 Å². The number of imidazole rings is 1. The van der Waals surface area contributed by atoms with Crippen LogP contribution in [-0.2, 0) is 41.9 Å². The Bertz CT molecular complexity index is 2690. The van der Waals surface area contributed by atoms with Crippen molar-refractivity contribution in [3.63, 3.8) is 0 Å². The summed E-state index contributed by atoms with van der Waals surface area (Å²) in [6.45, 7) is 6.02. The molecule has 8 amide bonds. The summed E-state index contributed by atoms with van der Waals surface area (Å²) >= 11 is 0. The summed E-state index contributed by atoms with van der Waals surface area (Å²) in [4.78, 5) is 109. The van der Waals surface area contributed by atoms with Crippen LogP contribution in [0.15, 0.2) is 79.3 Å². The summed E-state index contributed by atoms with van der Waals surface area (Å²) in [5.74, 6) is -1.91. The number of amides is 8. The molecule has 0 bridgehead atoms. The average Bonchev–Trinajstić information content (AvgIpc) is 3.75. The lowest BCUT2D eigenvalue weighted by atomic mass is 10.0. The maximum atomic E-state index is 13.7. The number of fused-ring (bicyclic) bond motifs is 1. The highest BCUT2D eigenvalue weighted by Crippen LogP contribution is 2.33. The standard InChI is InChI=1S/C48H57N13O8/c1-29(2)42(58-39(62)12-5-4-6-24-59-40(63)21-22-41(59)64)46(66)55-36(11-8-23-50-47(49)67)45(65)54-33-16-13-31(14-17-33)27-69-48(68)60(34-18-19-34)26-37-56-43(32-15-20-38-51-28-52-61(38)25-32)44(57-37)35-10-7-9-30(3)53-35/h7,9-10,13-17,20-22,25,28-29,34,36,42H,4-6,8,11-12,18-19,23-24,26-27H2,1-3H3,(H,54,65)(H,55,66)(H,56,57)(H,58,62)(H3,49,50,67). The van der Waals surface area contributed by atoms with E-state index in [-0.39, 0.29) is 68.8 Å². The van der Waals surface area contributed by atoms with Gasteiger partial charge in [-0.15, -0.1) is 0 Å². The molecule has 1 aliphatic carbocycles. The van der Waals surface area contributed by atoms with E-state index >= 15 is 0 Å². The van der Waals surface area contributed by atoms with Crippen molar-refractivity contribution >= 4 is 53.0 Å². The van der Waals surface area contributed by atoms with Crippen LogP contribution < -0.4 is 27.0 Å². The number of rotatable bonds is 23. The monoisotopic (exact) mass is 943 g/mol. The van der Waals surface area contributed by atoms with Crippen LogP contribution >= 0.6 is 0 Å². The number of carbonyl (C=O) groups excluding carboxylic acids is 7. The van der Waals surface area contributed by atoms with Crippen LogP contribution in [0.2, 0.25) is 0 Å². The number of nitrogens with two attached hydrogens (primary N) is 1. The number of carbonyl (C=O) groups is 7. The molecule has 5 aromatic rings. The predicted octanol–water partition coefficient (Wildman–Crippen LogP) is 4.29. The van der Waals surface area contributed by atoms with Crippen LogP contribution in [0.4, 0.5) is 15.3 Å². The van der Waals surface area contributed by atoms with E-state index in [0.29, 0.717) is 59.8 Å². The van der Waals surface area contributed by atoms with Gasteiger partial charge in [0.15, 0.2) is 5.65 Å². The van der Waals surface area contributed by atoms with E-state index in [1.165, 1.54) is 18.5 Å². The molecular formula is C48H57N13O8. The Morgan fingerprint density at radius 2 is 1.68 bits per heavy atom. The van der Waals surface area contributed by atoms with Crippen LogP contribution in [0.25, 0.3) is 28.3 Å². The Hall–Kier alpha value is -7.97. The van der Waals surface area contributed by atoms with Crippen LogP contribution in [0.1, 0.15) is 82.3 Å². The SMILES string of the molecule is Cc1cccc(-c2nc(CN(C(=O)OCc3ccc(NC(=O)C(CCCNC(N)=O)NC(=O)C(NC(=O)CCCCCN4C(=O)C=CC4=O)C(C)C)cc3)C3CC3)[nH]c2-c2ccc3ncnn3c2)n1. The number of imide groups is 1. The first kappa shape index (κ1) is 48.9. The number of nitrogens with zero attached hydrogens (tertiary/aromatic N) is 7. The number of pyridine rings is 2. The smallest absolute Gasteiger partial charge is 0.410 e. The predicted molar refractivity (Wildman–Crippen MR) is 252 cm³/mol. The zero-order valence-corrected chi connectivity index (χ0v) is 38.8. The molecule has 21 nitrogen and oxygen atoms in total. The summed E-state index contributed by atoms with van der Waals surface area (Å²) in [7, 11) is 0. The molecule has 1 aromatic carbocycles. The van der Waals surface area contributed by atoms with Crippen molar-refractivity contribution in [1.82, 2.24) is 55.3 Å². The number of urea groups is 1. The number of aryl methyl sites for hydroxylation is 1. The van der Waals surface area contributed by atoms with Crippen molar-refractivity contribution in [3.05, 3.63) is 96.4 Å². The molecule has 2 atom stereocenters. The minimum Gasteiger partial charge on any atom is -0.445 e. The van der Waals surface area contributed by atoms with Crippen LogP contribution in [0.3, 0.4) is 0 Å². The third-order valence-electron chi connectivity index (χ3n) is 11.6. The van der Waals surface area contributed by atoms with E-state index in [1.807, 2.05) is 43.5 Å². The van der Waals surface area contributed by atoms with Gasteiger partial charge in [0, 0.05) is 60.8 Å². The Kier molecular flexibility index (Phi) is 16.1. The summed E-state index contributed by atoms with van der Waals surface area (Å²) in [5, 5.41) is 15.2. The Morgan fingerprint density at radius 1 is 0.913 bits per heavy atom. The maximum Gasteiger partial charge on any atom is 0.410 e. The third kappa shape index (κ3) is 13.4. The number of ether oxygens (including phenoxy) is 1. The number of H-pyrrole nitrogens is 1. The molecular weight excluding hydrogens is 887 g/mol. The van der Waals surface area contributed by atoms with Gasteiger partial charge in [-0.3, -0.25) is 38.8 Å². The van der Waals surface area contributed by atoms with Crippen molar-refractivity contribution in [2.75, 3.05) is 18.4 Å². The van der Waals surface area contributed by atoms with Crippen LogP contribution in [0, 0.1) is 12.8 Å². The molecule has 362 valence electrons. The highest BCUT2D eigenvalue weighted by molar-refractivity contribution is 6.12. The molecule has 21 heteroatoms. The molecule has 0 radical (unpaired) electrons. The second-order valence-corrected chi connectivity index (χ2v) is 17.4. The van der Waals surface area contributed by atoms with Gasteiger partial charge < -0.3 is 36.7 Å². The molecule has 7 rings (SSSR count). The number of anilines is 1. The molecule has 7 N–H and O–H groups in total. The normalized spacial score (nSPS) is 14.2. The fraction of sp³-hybridized carbons (Fsp3) is 0.396. The molecule has 5 heterocycles. The van der Waals surface area contributed by atoms with E-state index in [9.17, 15) is 33.6 Å². The van der Waals surface area contributed by atoms with Crippen molar-refractivity contribution < 1.29 is 38.3 Å². The van der Waals surface area contributed by atoms with Crippen molar-refractivity contribution in [3.8, 4) is 22.6 Å². The Labute approximate surface area is 398 Å². The van der Waals surface area contributed by atoms with Gasteiger partial charge in [0.25, 0.3) is 11.8 Å². The van der Waals surface area contributed by atoms with Crippen LogP contribution in [-0.4, -0.2) is 112 Å². The third-order valence-corrected chi connectivity index (χ3v) is 11.6. The lowest BCUT2D eigenvalue weighted by molar-refractivity contribution is -0.137. The second-order valence-electron chi connectivity index (χ2n) is 17.4. The van der Waals surface area contributed by atoms with E-state index in [2.05, 4.69) is 36.3 Å². The van der Waals surface area contributed by atoms with E-state index in [4.69, 9.17) is 20.4 Å². The fourth-order valence-corrected chi connectivity index (χ4v) is 7.78. The molecule has 2 aliphatic rings. The van der Waals surface area contributed by atoms with Gasteiger partial charge in [-0.25, -0.2) is 24.1 Å². The van der Waals surface area contributed by atoms with Crippen molar-refractivity contribution in [2.45, 2.75) is 103 Å². The zero-order chi connectivity index (χ0) is 49.0. The number of unbranched alkanes of at least 4 members (excludes halogenated alkanes) is 2. The number of nitrogens with one attached hydrogen (secondary N) is 5. The first-order valence-corrected chi connectivity index (χ1v) is 23.0. The fourth-order valence-electron chi connectivity index (χ4n) is 7.78. The van der Waals surface area contributed by atoms with Gasteiger partial charge in [-0.1, -0.05) is 38.5 Å². The Balaban J connectivity index is 0.936. The lowest BCUT2D eigenvalue weighted by Gasteiger charge is -2.25. The first-order chi connectivity index (χ1) is 33.2. The van der Waals surface area contributed by atoms with Crippen molar-refractivity contribution in [1.29, 1.82) is 0 Å². The molecule has 1 fully saturated rings. The minimum absolute atomic E-state index is 0.00908. The molecule has 1 aliphatic heterocycles. The number of benzene rings is 1. The van der Waals surface area contributed by atoms with Gasteiger partial charge in [-0.2, -0.15) is 5.10 Å². The second kappa shape index (κ2) is 22.7. The van der Waals surface area contributed by atoms with Gasteiger partial charge in [0.05, 0.1) is 17.9 Å². The summed E-state index contributed by atoms with van der Waals surface area (Å²) in [5.41, 5.74) is 10.7. The first-order valence-electron chi connectivity index (χ1n) is 23.0. The van der Waals surface area contributed by atoms with Gasteiger partial charge in [0.2, 0.25) is 17.7 Å². The van der Waals surface area contributed by atoms with Crippen LogP contribution in [0.5, 0.6) is 0 Å². The lowest BCUT2D eigenvalue weighted by Crippen LogP contribution is -2.54. The van der Waals surface area contributed by atoms with E-state index in [0.717, 1.165) is 34.7 Å². The minimum atomic E-state index is -1.04. The summed E-state index contributed by atoms with van der Waals surface area (Å²) in [6.07, 6.45) is 9.12. The highest BCUT2D eigenvalue weighted by Gasteiger charge is 2.35. The average molecular weight is 944 g/mol. The summed E-state index contributed by atoms with van der Waals surface area (Å²) < 4.78 is 7.49. The number of hydrogen-bond donors (Lipinski definition) is 6. The topological polar surface area (TPSA) is 281 Å². The summed E-state index contributed by atoms with van der Waals surface area (Å²) in [6, 6.07) is 13.5. The Morgan fingerprint density at radius 3 is 2.39 bits per heavy atom. The van der Waals surface area contributed by atoms with Gasteiger partial charge in [0.1, 0.15) is 36.5 Å². The molecule has 0 spiro atoms. The number of aromatic nitrogens is 6. The quantitative estimate of drug-likeness (QED) is 0.0395. The van der Waals surface area contributed by atoms with E-state index in [1.54, 1.807) is 47.5 Å². The molecule has 1 saturated carbocycles. The van der Waals surface area contributed by atoms with Gasteiger partial charge >= 0.3 is 12.1 Å². The van der Waals surface area contributed by atoms with E-state index < -0.39 is 36.0 Å². The molecule has 0 saturated heterocycles. The number of primary amides is 1. The van der Waals surface area contributed by atoms with Crippen molar-refractivity contribution in [2.24, 2.45) is 11.7 Å². The highest BCUT2D eigenvalue weighted by atomic mass is 16.6. The zero-order valence-electron chi connectivity index (χ0n) is 38.8. The molecule has 69 heavy (non-hydrogen) atoms. The molecule has 4 aromatic heterocycles. The molecule has 2 unspecified atom stereocenters. The largest absolute Gasteiger partial charge is 0.445 e. The number of hydrogen-bond acceptors (Lipinski definition) is 12.